The SMILES string of the molecule is Cc1ccc2c(c1)cc(C(=O)NCc1ccc([N+](C)(C)C)cc1)n2Cc1cccc(C(=N)N)c1. The molecular weight excluding hydrogens is 422 g/mol. The molecule has 6 heteroatoms. The molecule has 0 spiro atoms. The Balaban J connectivity index is 1.61. The van der Waals surface area contributed by atoms with Crippen molar-refractivity contribution in [3.8, 4) is 0 Å². The lowest BCUT2D eigenvalue weighted by molar-refractivity contribution is 0.0942. The number of nitrogens with two attached hydrogens (primary N) is 1. The van der Waals surface area contributed by atoms with Crippen LogP contribution in [0.25, 0.3) is 10.9 Å². The summed E-state index contributed by atoms with van der Waals surface area (Å²) in [7, 11) is 6.39. The number of amidine groups is 1. The van der Waals surface area contributed by atoms with Gasteiger partial charge in [0.15, 0.2) is 0 Å². The first kappa shape index (κ1) is 23.3. The zero-order chi connectivity index (χ0) is 24.5. The predicted molar refractivity (Wildman–Crippen MR) is 140 cm³/mol. The first-order valence-electron chi connectivity index (χ1n) is 11.3. The Labute approximate surface area is 200 Å². The summed E-state index contributed by atoms with van der Waals surface area (Å²) in [6.45, 7) is 3.01. The lowest BCUT2D eigenvalue weighted by Gasteiger charge is -2.23. The average molecular weight is 455 g/mol. The number of carbonyl (C=O) groups is 1. The lowest BCUT2D eigenvalue weighted by Crippen LogP contribution is -2.34. The Morgan fingerprint density at radius 3 is 2.38 bits per heavy atom. The molecule has 4 aromatic rings. The third-order valence-corrected chi connectivity index (χ3v) is 6.03. The summed E-state index contributed by atoms with van der Waals surface area (Å²) in [5, 5.41) is 11.9. The van der Waals surface area contributed by atoms with Crippen LogP contribution in [0.4, 0.5) is 5.69 Å². The molecule has 174 valence electrons. The molecule has 6 nitrogen and oxygen atoms in total. The molecule has 0 bridgehead atoms. The number of nitrogen functional groups attached to an aromatic ring is 1. The van der Waals surface area contributed by atoms with Gasteiger partial charge in [-0.25, -0.2) is 0 Å². The number of hydrogen-bond acceptors (Lipinski definition) is 2. The molecule has 4 rings (SSSR count). The number of benzene rings is 3. The van der Waals surface area contributed by atoms with E-state index in [0.29, 0.717) is 24.3 Å². The maximum atomic E-state index is 13.3. The van der Waals surface area contributed by atoms with Crippen molar-refractivity contribution in [2.24, 2.45) is 5.73 Å². The Hall–Kier alpha value is -3.90. The van der Waals surface area contributed by atoms with Crippen LogP contribution in [0.15, 0.2) is 72.8 Å². The van der Waals surface area contributed by atoms with Crippen molar-refractivity contribution in [1.82, 2.24) is 14.4 Å². The van der Waals surface area contributed by atoms with E-state index in [0.717, 1.165) is 32.1 Å². The topological polar surface area (TPSA) is 83.9 Å². The molecule has 1 aromatic heterocycles. The first-order valence-corrected chi connectivity index (χ1v) is 11.3. The number of nitrogens with one attached hydrogen (secondary N) is 2. The van der Waals surface area contributed by atoms with Crippen LogP contribution in [0.5, 0.6) is 0 Å². The number of fused-ring (bicyclic) bond motifs is 1. The minimum atomic E-state index is -0.118. The maximum Gasteiger partial charge on any atom is 0.268 e. The van der Waals surface area contributed by atoms with Crippen molar-refractivity contribution in [2.75, 3.05) is 21.1 Å². The van der Waals surface area contributed by atoms with E-state index in [-0.39, 0.29) is 11.7 Å². The molecule has 1 heterocycles. The number of amides is 1. The number of hydrogen-bond donors (Lipinski definition) is 3. The summed E-state index contributed by atoms with van der Waals surface area (Å²) >= 11 is 0. The van der Waals surface area contributed by atoms with Crippen LogP contribution in [0, 0.1) is 12.3 Å². The summed E-state index contributed by atoms with van der Waals surface area (Å²) in [6.07, 6.45) is 0. The molecule has 0 saturated carbocycles. The van der Waals surface area contributed by atoms with E-state index < -0.39 is 0 Å². The van der Waals surface area contributed by atoms with Crippen LogP contribution in [-0.4, -0.2) is 37.5 Å². The molecule has 0 aliphatic carbocycles. The number of aryl methyl sites for hydroxylation is 1. The van der Waals surface area contributed by atoms with Gasteiger partial charge in [0.05, 0.1) is 21.1 Å². The molecule has 0 radical (unpaired) electrons. The zero-order valence-electron chi connectivity index (χ0n) is 20.2. The van der Waals surface area contributed by atoms with Gasteiger partial charge in [0.2, 0.25) is 0 Å². The summed E-state index contributed by atoms with van der Waals surface area (Å²) < 4.78 is 2.78. The zero-order valence-corrected chi connectivity index (χ0v) is 20.2. The Morgan fingerprint density at radius 1 is 0.971 bits per heavy atom. The number of nitrogens with zero attached hydrogens (tertiary/aromatic N) is 2. The first-order chi connectivity index (χ1) is 16.1. The van der Waals surface area contributed by atoms with Gasteiger partial charge in [-0.15, -0.1) is 0 Å². The highest BCUT2D eigenvalue weighted by atomic mass is 16.1. The predicted octanol–water partition coefficient (Wildman–Crippen LogP) is 4.41. The second kappa shape index (κ2) is 9.15. The van der Waals surface area contributed by atoms with Gasteiger partial charge in [0.25, 0.3) is 5.91 Å². The van der Waals surface area contributed by atoms with Gasteiger partial charge in [-0.05, 0) is 54.4 Å². The van der Waals surface area contributed by atoms with Crippen LogP contribution >= 0.6 is 0 Å². The number of quaternary nitrogens is 1. The van der Waals surface area contributed by atoms with Gasteiger partial charge in [0, 0.05) is 29.6 Å². The van der Waals surface area contributed by atoms with E-state index >= 15 is 0 Å². The van der Waals surface area contributed by atoms with Gasteiger partial charge in [-0.3, -0.25) is 14.7 Å². The number of carbonyl (C=O) groups excluding carboxylic acids is 1. The largest absolute Gasteiger partial charge is 0.384 e. The van der Waals surface area contributed by atoms with E-state index in [1.54, 1.807) is 0 Å². The lowest BCUT2D eigenvalue weighted by atomic mass is 10.1. The molecule has 0 atom stereocenters. The minimum absolute atomic E-state index is 0.0316. The van der Waals surface area contributed by atoms with Crippen molar-refractivity contribution in [3.63, 3.8) is 0 Å². The molecule has 0 saturated heterocycles. The van der Waals surface area contributed by atoms with Crippen LogP contribution in [0.2, 0.25) is 0 Å². The van der Waals surface area contributed by atoms with Gasteiger partial charge < -0.3 is 15.6 Å². The summed E-state index contributed by atoms with van der Waals surface area (Å²) in [5.41, 5.74) is 12.3. The Kier molecular flexibility index (Phi) is 6.26. The quantitative estimate of drug-likeness (QED) is 0.220. The van der Waals surface area contributed by atoms with Crippen LogP contribution in [-0.2, 0) is 13.1 Å². The molecule has 1 amide bonds. The fourth-order valence-corrected chi connectivity index (χ4v) is 4.10. The van der Waals surface area contributed by atoms with Crippen LogP contribution in [0.3, 0.4) is 0 Å². The molecule has 0 aliphatic heterocycles. The van der Waals surface area contributed by atoms with Gasteiger partial charge in [0.1, 0.15) is 17.2 Å². The van der Waals surface area contributed by atoms with Crippen molar-refractivity contribution in [3.05, 3.63) is 101 Å². The van der Waals surface area contributed by atoms with E-state index in [4.69, 9.17) is 11.1 Å². The fraction of sp³-hybridized carbons (Fsp3) is 0.214. The average Bonchev–Trinajstić information content (AvgIpc) is 3.14. The third-order valence-electron chi connectivity index (χ3n) is 6.03. The van der Waals surface area contributed by atoms with E-state index in [1.807, 2.05) is 41.8 Å². The van der Waals surface area contributed by atoms with Crippen molar-refractivity contribution in [2.45, 2.75) is 20.0 Å². The van der Waals surface area contributed by atoms with Crippen molar-refractivity contribution >= 4 is 28.3 Å². The molecule has 0 fully saturated rings. The van der Waals surface area contributed by atoms with Gasteiger partial charge in [-0.2, -0.15) is 0 Å². The molecule has 0 aliphatic rings. The van der Waals surface area contributed by atoms with Gasteiger partial charge in [-0.1, -0.05) is 42.0 Å². The van der Waals surface area contributed by atoms with E-state index in [2.05, 4.69) is 68.9 Å². The van der Waals surface area contributed by atoms with E-state index in [9.17, 15) is 4.79 Å². The summed E-state index contributed by atoms with van der Waals surface area (Å²) in [4.78, 5) is 13.3. The highest BCUT2D eigenvalue weighted by Crippen LogP contribution is 2.24. The second-order valence-electron chi connectivity index (χ2n) is 9.65. The standard InChI is InChI=1S/C28H31N5O/c1-19-8-13-25-23(14-19)16-26(32(25)18-21-6-5-7-22(15-21)27(29)30)28(34)31-17-20-9-11-24(12-10-20)33(2,3)4/h5-16H,17-18H2,1-4H3,(H3-,29,30,31,34)/p+1. The molecule has 4 N–H and O–H groups in total. The van der Waals surface area contributed by atoms with Crippen molar-refractivity contribution in [1.29, 1.82) is 5.41 Å². The molecule has 3 aromatic carbocycles. The maximum absolute atomic E-state index is 13.3. The summed E-state index contributed by atoms with van der Waals surface area (Å²) in [5.74, 6) is -0.0867. The monoisotopic (exact) mass is 454 g/mol. The van der Waals surface area contributed by atoms with Gasteiger partial charge >= 0.3 is 0 Å². The minimum Gasteiger partial charge on any atom is -0.384 e. The molecule has 34 heavy (non-hydrogen) atoms. The summed E-state index contributed by atoms with van der Waals surface area (Å²) in [6, 6.07) is 24.1. The number of aromatic nitrogens is 1. The molecule has 0 unspecified atom stereocenters. The normalized spacial score (nSPS) is 11.5. The highest BCUT2D eigenvalue weighted by molar-refractivity contribution is 5.99. The highest BCUT2D eigenvalue weighted by Gasteiger charge is 2.17. The van der Waals surface area contributed by atoms with Crippen molar-refractivity contribution < 1.29 is 4.79 Å². The Bertz CT molecular complexity index is 1360. The smallest absolute Gasteiger partial charge is 0.268 e. The second-order valence-corrected chi connectivity index (χ2v) is 9.65. The fourth-order valence-electron chi connectivity index (χ4n) is 4.10. The van der Waals surface area contributed by atoms with Crippen LogP contribution in [0.1, 0.15) is 32.7 Å². The number of rotatable bonds is 7. The van der Waals surface area contributed by atoms with Crippen LogP contribution < -0.4 is 15.5 Å². The molecular formula is C28H32N5O+. The Morgan fingerprint density at radius 2 is 1.71 bits per heavy atom. The third kappa shape index (κ3) is 5.02. The van der Waals surface area contributed by atoms with E-state index in [1.165, 1.54) is 5.69 Å².